The zero-order valence-electron chi connectivity index (χ0n) is 20.5. The summed E-state index contributed by atoms with van der Waals surface area (Å²) in [5, 5.41) is 2.89. The van der Waals surface area contributed by atoms with Gasteiger partial charge in [0, 0.05) is 31.3 Å². The summed E-state index contributed by atoms with van der Waals surface area (Å²) in [6.07, 6.45) is 7.31. The van der Waals surface area contributed by atoms with Crippen molar-refractivity contribution < 1.29 is 9.59 Å². The summed E-state index contributed by atoms with van der Waals surface area (Å²) in [4.78, 5) is 35.1. The summed E-state index contributed by atoms with van der Waals surface area (Å²) < 4.78 is 0. The first-order chi connectivity index (χ1) is 17.6. The number of rotatable bonds is 5. The molecule has 1 atom stereocenters. The first kappa shape index (κ1) is 22.9. The van der Waals surface area contributed by atoms with Gasteiger partial charge in [-0.25, -0.2) is 4.98 Å². The van der Waals surface area contributed by atoms with Crippen molar-refractivity contribution >= 4 is 23.3 Å². The Balaban J connectivity index is 1.11. The van der Waals surface area contributed by atoms with Gasteiger partial charge >= 0.3 is 0 Å². The summed E-state index contributed by atoms with van der Waals surface area (Å²) in [6, 6.07) is 21.6. The molecule has 1 fully saturated rings. The van der Waals surface area contributed by atoms with E-state index < -0.39 is 6.04 Å². The lowest BCUT2D eigenvalue weighted by atomic mass is 9.74. The molecule has 3 heterocycles. The van der Waals surface area contributed by atoms with E-state index in [9.17, 15) is 9.59 Å². The molecule has 6 nitrogen and oxygen atoms in total. The molecule has 2 amide bonds. The molecule has 36 heavy (non-hydrogen) atoms. The van der Waals surface area contributed by atoms with E-state index in [2.05, 4.69) is 39.5 Å². The largest absolute Gasteiger partial charge is 0.309 e. The van der Waals surface area contributed by atoms with Crippen molar-refractivity contribution in [3.8, 4) is 0 Å². The maximum absolute atomic E-state index is 13.5. The van der Waals surface area contributed by atoms with Gasteiger partial charge in [0.2, 0.25) is 11.8 Å². The first-order valence-electron chi connectivity index (χ1n) is 13.1. The number of anilines is 2. The molecule has 3 aromatic rings. The molecule has 184 valence electrons. The Morgan fingerprint density at radius 2 is 1.67 bits per heavy atom. The number of amides is 2. The van der Waals surface area contributed by atoms with Crippen LogP contribution in [-0.2, 0) is 27.8 Å². The molecule has 2 aromatic carbocycles. The lowest BCUT2D eigenvalue weighted by Gasteiger charge is -2.40. The van der Waals surface area contributed by atoms with Gasteiger partial charge in [-0.1, -0.05) is 48.5 Å². The van der Waals surface area contributed by atoms with Crippen LogP contribution in [0.25, 0.3) is 0 Å². The molecule has 0 saturated carbocycles. The van der Waals surface area contributed by atoms with E-state index in [1.54, 1.807) is 22.7 Å². The van der Waals surface area contributed by atoms with Crippen LogP contribution in [0.5, 0.6) is 0 Å². The number of likely N-dealkylation sites (tertiary alicyclic amines) is 1. The predicted molar refractivity (Wildman–Crippen MR) is 141 cm³/mol. The molecule has 3 aliphatic rings. The fourth-order valence-electron chi connectivity index (χ4n) is 6.41. The molecule has 0 radical (unpaired) electrons. The van der Waals surface area contributed by atoms with Crippen LogP contribution < -0.4 is 10.2 Å². The monoisotopic (exact) mass is 480 g/mol. The molecule has 6 rings (SSSR count). The van der Waals surface area contributed by atoms with Gasteiger partial charge in [0.25, 0.3) is 0 Å². The Morgan fingerprint density at radius 3 is 2.47 bits per heavy atom. The smallest absolute Gasteiger partial charge is 0.249 e. The number of nitrogens with one attached hydrogen (secondary N) is 1. The van der Waals surface area contributed by atoms with Gasteiger partial charge in [0.05, 0.1) is 0 Å². The van der Waals surface area contributed by atoms with Gasteiger partial charge in [-0.15, -0.1) is 0 Å². The van der Waals surface area contributed by atoms with E-state index >= 15 is 0 Å². The number of pyridine rings is 1. The summed E-state index contributed by atoms with van der Waals surface area (Å²) in [5.41, 5.74) is 5.27. The fraction of sp³-hybridized carbons (Fsp3) is 0.367. The Kier molecular flexibility index (Phi) is 6.05. The second-order valence-corrected chi connectivity index (χ2v) is 10.3. The van der Waals surface area contributed by atoms with Gasteiger partial charge < -0.3 is 10.2 Å². The van der Waals surface area contributed by atoms with Crippen molar-refractivity contribution in [1.82, 2.24) is 9.88 Å². The number of benzene rings is 2. The van der Waals surface area contributed by atoms with E-state index in [0.717, 1.165) is 43.7 Å². The number of hydrogen-bond donors (Lipinski definition) is 1. The van der Waals surface area contributed by atoms with Gasteiger partial charge in [-0.05, 0) is 79.1 Å². The van der Waals surface area contributed by atoms with Crippen molar-refractivity contribution in [1.29, 1.82) is 0 Å². The highest BCUT2D eigenvalue weighted by Crippen LogP contribution is 2.46. The number of aryl methyl sites for hydroxylation is 1. The van der Waals surface area contributed by atoms with Crippen molar-refractivity contribution in [3.05, 3.63) is 89.6 Å². The van der Waals surface area contributed by atoms with Crippen LogP contribution in [0.15, 0.2) is 72.9 Å². The number of carbonyl (C=O) groups excluding carboxylic acids is 2. The number of nitrogens with zero attached hydrogens (tertiary/aromatic N) is 3. The summed E-state index contributed by atoms with van der Waals surface area (Å²) in [5.74, 6) is 0.312. The first-order valence-corrected chi connectivity index (χ1v) is 13.1. The van der Waals surface area contributed by atoms with Crippen LogP contribution in [0.4, 0.5) is 11.5 Å². The van der Waals surface area contributed by atoms with Crippen molar-refractivity contribution in [2.75, 3.05) is 29.9 Å². The molecule has 0 bridgehead atoms. The highest BCUT2D eigenvalue weighted by Gasteiger charge is 2.41. The molecule has 1 aromatic heterocycles. The van der Waals surface area contributed by atoms with Crippen LogP contribution in [0.2, 0.25) is 0 Å². The van der Waals surface area contributed by atoms with Gasteiger partial charge in [-0.3, -0.25) is 14.5 Å². The minimum atomic E-state index is -0.559. The highest BCUT2D eigenvalue weighted by atomic mass is 16.2. The Bertz CT molecular complexity index is 1270. The summed E-state index contributed by atoms with van der Waals surface area (Å²) >= 11 is 0. The van der Waals surface area contributed by atoms with Crippen LogP contribution in [0, 0.1) is 0 Å². The average Bonchev–Trinajstić information content (AvgIpc) is 3.48. The van der Waals surface area contributed by atoms with Crippen LogP contribution in [-0.4, -0.2) is 47.4 Å². The SMILES string of the molecule is O=C(Nc1ccccn1)[C@@H]1Cc2ccccc2N1C(=O)CCN1CCC2(CCc3ccccc32)CC1. The van der Waals surface area contributed by atoms with Gasteiger partial charge in [-0.2, -0.15) is 0 Å². The molecular weight excluding hydrogens is 448 g/mol. The molecular formula is C30H32N4O2. The zero-order chi connectivity index (χ0) is 24.5. The number of fused-ring (bicyclic) bond motifs is 3. The second-order valence-electron chi connectivity index (χ2n) is 10.3. The van der Waals surface area contributed by atoms with E-state index in [4.69, 9.17) is 0 Å². The Labute approximate surface area is 212 Å². The molecule has 0 unspecified atom stereocenters. The third-order valence-corrected chi connectivity index (χ3v) is 8.38. The minimum absolute atomic E-state index is 0.00706. The second kappa shape index (κ2) is 9.51. The highest BCUT2D eigenvalue weighted by molar-refractivity contribution is 6.07. The molecule has 1 saturated heterocycles. The number of carbonyl (C=O) groups is 2. The third kappa shape index (κ3) is 4.20. The standard InChI is InChI=1S/C30H32N4O2/c35-28(13-18-33-19-15-30(16-20-33)14-12-22-7-1-3-9-24(22)30)34-25-10-4-2-8-23(25)21-26(34)29(36)32-27-11-5-6-17-31-27/h1-11,17,26H,12-16,18-21H2,(H,31,32,36)/t26-/m0/s1. The third-order valence-electron chi connectivity index (χ3n) is 8.38. The van der Waals surface area contributed by atoms with Crippen molar-refractivity contribution in [2.24, 2.45) is 0 Å². The van der Waals surface area contributed by atoms with Gasteiger partial charge in [0.1, 0.15) is 11.9 Å². The van der Waals surface area contributed by atoms with Crippen LogP contribution in [0.1, 0.15) is 42.4 Å². The average molecular weight is 481 g/mol. The number of aromatic nitrogens is 1. The fourth-order valence-corrected chi connectivity index (χ4v) is 6.41. The van der Waals surface area contributed by atoms with Crippen molar-refractivity contribution in [3.63, 3.8) is 0 Å². The number of hydrogen-bond acceptors (Lipinski definition) is 4. The maximum Gasteiger partial charge on any atom is 0.249 e. The Morgan fingerprint density at radius 1 is 0.917 bits per heavy atom. The molecule has 1 spiro atoms. The molecule has 1 aliphatic carbocycles. The van der Waals surface area contributed by atoms with Crippen LogP contribution >= 0.6 is 0 Å². The number of piperidine rings is 1. The lowest BCUT2D eigenvalue weighted by molar-refractivity contribution is -0.123. The van der Waals surface area contributed by atoms with Crippen molar-refractivity contribution in [2.45, 2.75) is 50.0 Å². The minimum Gasteiger partial charge on any atom is -0.309 e. The molecule has 1 N–H and O–H groups in total. The summed E-state index contributed by atoms with van der Waals surface area (Å²) in [6.45, 7) is 2.76. The topological polar surface area (TPSA) is 65.5 Å². The normalized spacial score (nSPS) is 20.2. The lowest BCUT2D eigenvalue weighted by Crippen LogP contribution is -2.47. The van der Waals surface area contributed by atoms with Gasteiger partial charge in [0.15, 0.2) is 0 Å². The molecule has 2 aliphatic heterocycles. The Hall–Kier alpha value is -3.51. The van der Waals surface area contributed by atoms with E-state index in [0.29, 0.717) is 24.1 Å². The number of para-hydroxylation sites is 1. The van der Waals surface area contributed by atoms with E-state index in [1.165, 1.54) is 18.4 Å². The maximum atomic E-state index is 13.5. The predicted octanol–water partition coefficient (Wildman–Crippen LogP) is 4.35. The van der Waals surface area contributed by atoms with Crippen LogP contribution in [0.3, 0.4) is 0 Å². The molecule has 6 heteroatoms. The zero-order valence-corrected chi connectivity index (χ0v) is 20.5. The summed E-state index contributed by atoms with van der Waals surface area (Å²) in [7, 11) is 0. The van der Waals surface area contributed by atoms with E-state index in [-0.39, 0.29) is 11.8 Å². The quantitative estimate of drug-likeness (QED) is 0.590. The van der Waals surface area contributed by atoms with E-state index in [1.807, 2.05) is 36.4 Å².